The van der Waals surface area contributed by atoms with Crippen molar-refractivity contribution in [3.05, 3.63) is 23.9 Å². The predicted octanol–water partition coefficient (Wildman–Crippen LogP) is 2.72. The molecular formula is C18H27N3O3. The molecule has 1 aliphatic heterocycles. The molecule has 2 heterocycles. The number of morpholine rings is 1. The molecule has 3 rings (SSSR count). The van der Waals surface area contributed by atoms with Crippen LogP contribution in [0.2, 0.25) is 0 Å². The van der Waals surface area contributed by atoms with E-state index in [1.165, 1.54) is 12.8 Å². The van der Waals surface area contributed by atoms with Crippen LogP contribution in [0, 0.1) is 0 Å². The van der Waals surface area contributed by atoms with E-state index < -0.39 is 0 Å². The summed E-state index contributed by atoms with van der Waals surface area (Å²) < 4.78 is 11.7. The summed E-state index contributed by atoms with van der Waals surface area (Å²) in [6.07, 6.45) is 6.75. The lowest BCUT2D eigenvalue weighted by molar-refractivity contribution is -0.0545. The fourth-order valence-electron chi connectivity index (χ4n) is 3.46. The lowest BCUT2D eigenvalue weighted by atomic mass is 10.2. The second-order valence-corrected chi connectivity index (χ2v) is 6.81. The quantitative estimate of drug-likeness (QED) is 0.920. The SMILES string of the molecule is CC1CN(C(=O)NCc2cccnc2OC2CCCC2)CC(C)O1. The number of amides is 2. The molecule has 0 spiro atoms. The Labute approximate surface area is 143 Å². The standard InChI is InChI=1S/C18H27N3O3/c1-13-11-21(12-14(2)23-13)18(22)20-10-15-6-5-9-19-17(15)24-16-7-3-4-8-16/h5-6,9,13-14,16H,3-4,7-8,10-12H2,1-2H3,(H,20,22). The first-order valence-electron chi connectivity index (χ1n) is 8.90. The van der Waals surface area contributed by atoms with Gasteiger partial charge in [0.15, 0.2) is 0 Å². The highest BCUT2D eigenvalue weighted by Gasteiger charge is 2.26. The molecule has 0 bridgehead atoms. The third-order valence-corrected chi connectivity index (χ3v) is 4.57. The van der Waals surface area contributed by atoms with Crippen molar-refractivity contribution in [2.75, 3.05) is 13.1 Å². The summed E-state index contributed by atoms with van der Waals surface area (Å²) in [5.41, 5.74) is 0.923. The molecule has 1 saturated carbocycles. The van der Waals surface area contributed by atoms with Gasteiger partial charge in [0.05, 0.1) is 12.2 Å². The van der Waals surface area contributed by atoms with Crippen LogP contribution in [0.5, 0.6) is 5.88 Å². The van der Waals surface area contributed by atoms with Crippen LogP contribution in [0.1, 0.15) is 45.1 Å². The molecule has 1 N–H and O–H groups in total. The fourth-order valence-corrected chi connectivity index (χ4v) is 3.46. The van der Waals surface area contributed by atoms with E-state index in [1.807, 2.05) is 30.9 Å². The first kappa shape index (κ1) is 17.0. The largest absolute Gasteiger partial charge is 0.474 e. The van der Waals surface area contributed by atoms with Gasteiger partial charge in [0.1, 0.15) is 6.10 Å². The predicted molar refractivity (Wildman–Crippen MR) is 90.9 cm³/mol. The van der Waals surface area contributed by atoms with Gasteiger partial charge in [-0.25, -0.2) is 9.78 Å². The Hall–Kier alpha value is -1.82. The van der Waals surface area contributed by atoms with Gasteiger partial charge in [0.2, 0.25) is 5.88 Å². The van der Waals surface area contributed by atoms with Gasteiger partial charge in [-0.15, -0.1) is 0 Å². The van der Waals surface area contributed by atoms with Crippen LogP contribution in [0.15, 0.2) is 18.3 Å². The highest BCUT2D eigenvalue weighted by molar-refractivity contribution is 5.74. The summed E-state index contributed by atoms with van der Waals surface area (Å²) >= 11 is 0. The van der Waals surface area contributed by atoms with Crippen molar-refractivity contribution < 1.29 is 14.3 Å². The molecule has 2 atom stereocenters. The molecule has 2 aliphatic rings. The van der Waals surface area contributed by atoms with E-state index in [4.69, 9.17) is 9.47 Å². The number of urea groups is 1. The molecule has 1 aromatic heterocycles. The van der Waals surface area contributed by atoms with Crippen LogP contribution >= 0.6 is 0 Å². The van der Waals surface area contributed by atoms with E-state index >= 15 is 0 Å². The van der Waals surface area contributed by atoms with Gasteiger partial charge >= 0.3 is 6.03 Å². The fraction of sp³-hybridized carbons (Fsp3) is 0.667. The highest BCUT2D eigenvalue weighted by atomic mass is 16.5. The number of ether oxygens (including phenoxy) is 2. The van der Waals surface area contributed by atoms with Gasteiger partial charge in [0.25, 0.3) is 0 Å². The molecule has 2 fully saturated rings. The molecule has 1 aliphatic carbocycles. The van der Waals surface area contributed by atoms with Crippen molar-refractivity contribution in [2.45, 2.75) is 64.4 Å². The van der Waals surface area contributed by atoms with E-state index in [0.717, 1.165) is 18.4 Å². The zero-order valence-electron chi connectivity index (χ0n) is 14.5. The first-order chi connectivity index (χ1) is 11.6. The summed E-state index contributed by atoms with van der Waals surface area (Å²) in [6.45, 7) is 5.65. The zero-order chi connectivity index (χ0) is 16.9. The highest BCUT2D eigenvalue weighted by Crippen LogP contribution is 2.25. The number of hydrogen-bond acceptors (Lipinski definition) is 4. The molecule has 1 saturated heterocycles. The van der Waals surface area contributed by atoms with Crippen LogP contribution in [-0.4, -0.2) is 47.3 Å². The maximum Gasteiger partial charge on any atom is 0.317 e. The van der Waals surface area contributed by atoms with E-state index in [1.54, 1.807) is 6.20 Å². The van der Waals surface area contributed by atoms with Crippen molar-refractivity contribution in [2.24, 2.45) is 0 Å². The molecule has 6 nitrogen and oxygen atoms in total. The van der Waals surface area contributed by atoms with Gasteiger partial charge in [-0.3, -0.25) is 0 Å². The monoisotopic (exact) mass is 333 g/mol. The molecular weight excluding hydrogens is 306 g/mol. The van der Waals surface area contributed by atoms with Crippen molar-refractivity contribution in [3.63, 3.8) is 0 Å². The number of hydrogen-bond donors (Lipinski definition) is 1. The molecule has 2 unspecified atom stereocenters. The summed E-state index contributed by atoms with van der Waals surface area (Å²) in [4.78, 5) is 18.6. The Morgan fingerprint density at radius 2 is 2.04 bits per heavy atom. The van der Waals surface area contributed by atoms with Crippen LogP contribution < -0.4 is 10.1 Å². The van der Waals surface area contributed by atoms with Crippen molar-refractivity contribution in [1.29, 1.82) is 0 Å². The summed E-state index contributed by atoms with van der Waals surface area (Å²) in [5.74, 6) is 0.647. The third kappa shape index (κ3) is 4.38. The smallest absolute Gasteiger partial charge is 0.317 e. The molecule has 2 amide bonds. The van der Waals surface area contributed by atoms with Crippen LogP contribution in [0.4, 0.5) is 4.79 Å². The maximum atomic E-state index is 12.4. The Morgan fingerprint density at radius 1 is 1.33 bits per heavy atom. The van der Waals surface area contributed by atoms with E-state index in [0.29, 0.717) is 25.5 Å². The normalized spacial score (nSPS) is 24.8. The molecule has 1 aromatic rings. The number of pyridine rings is 1. The third-order valence-electron chi connectivity index (χ3n) is 4.57. The summed E-state index contributed by atoms with van der Waals surface area (Å²) in [6, 6.07) is 3.77. The lowest BCUT2D eigenvalue weighted by Crippen LogP contribution is -2.51. The van der Waals surface area contributed by atoms with Crippen LogP contribution in [-0.2, 0) is 11.3 Å². The van der Waals surface area contributed by atoms with Gasteiger partial charge in [0, 0.05) is 31.4 Å². The minimum absolute atomic E-state index is 0.0623. The second-order valence-electron chi connectivity index (χ2n) is 6.81. The van der Waals surface area contributed by atoms with Crippen molar-refractivity contribution in [3.8, 4) is 5.88 Å². The Bertz CT molecular complexity index is 550. The number of nitrogens with zero attached hydrogens (tertiary/aromatic N) is 2. The minimum atomic E-state index is -0.0623. The second kappa shape index (κ2) is 7.83. The summed E-state index contributed by atoms with van der Waals surface area (Å²) in [5, 5.41) is 2.99. The van der Waals surface area contributed by atoms with Crippen LogP contribution in [0.3, 0.4) is 0 Å². The number of carbonyl (C=O) groups excluding carboxylic acids is 1. The number of carbonyl (C=O) groups is 1. The molecule has 132 valence electrons. The van der Waals surface area contributed by atoms with Gasteiger partial charge < -0.3 is 19.7 Å². The Kier molecular flexibility index (Phi) is 5.56. The molecule has 0 radical (unpaired) electrons. The zero-order valence-corrected chi connectivity index (χ0v) is 14.5. The van der Waals surface area contributed by atoms with Gasteiger partial charge in [-0.2, -0.15) is 0 Å². The number of aromatic nitrogens is 1. The average molecular weight is 333 g/mol. The minimum Gasteiger partial charge on any atom is -0.474 e. The molecule has 0 aromatic carbocycles. The topological polar surface area (TPSA) is 63.7 Å². The Balaban J connectivity index is 1.56. The lowest BCUT2D eigenvalue weighted by Gasteiger charge is -2.35. The van der Waals surface area contributed by atoms with Crippen LogP contribution in [0.25, 0.3) is 0 Å². The van der Waals surface area contributed by atoms with Gasteiger partial charge in [-0.05, 0) is 45.6 Å². The van der Waals surface area contributed by atoms with E-state index in [9.17, 15) is 4.79 Å². The van der Waals surface area contributed by atoms with Crippen molar-refractivity contribution in [1.82, 2.24) is 15.2 Å². The molecule has 24 heavy (non-hydrogen) atoms. The number of nitrogens with one attached hydrogen (secondary N) is 1. The number of rotatable bonds is 4. The first-order valence-corrected chi connectivity index (χ1v) is 8.90. The maximum absolute atomic E-state index is 12.4. The van der Waals surface area contributed by atoms with E-state index in [-0.39, 0.29) is 24.3 Å². The summed E-state index contributed by atoms with van der Waals surface area (Å²) in [7, 11) is 0. The molecule has 6 heteroatoms. The Morgan fingerprint density at radius 3 is 2.75 bits per heavy atom. The van der Waals surface area contributed by atoms with Crippen molar-refractivity contribution >= 4 is 6.03 Å². The average Bonchev–Trinajstić information content (AvgIpc) is 3.06. The van der Waals surface area contributed by atoms with Gasteiger partial charge in [-0.1, -0.05) is 6.07 Å². The van der Waals surface area contributed by atoms with E-state index in [2.05, 4.69) is 10.3 Å².